The first kappa shape index (κ1) is 15.1. The molecule has 0 heterocycles. The fraction of sp³-hybridized carbons (Fsp3) is 0.833. The van der Waals surface area contributed by atoms with Gasteiger partial charge in [-0.1, -0.05) is 19.8 Å². The summed E-state index contributed by atoms with van der Waals surface area (Å²) in [6.45, 7) is 2.20. The Labute approximate surface area is 110 Å². The number of hydrogen-bond donors (Lipinski definition) is 2. The fourth-order valence-corrected chi connectivity index (χ4v) is 2.92. The first-order chi connectivity index (χ1) is 8.56. The Morgan fingerprint density at radius 3 is 2.44 bits per heavy atom. The first-order valence-electron chi connectivity index (χ1n) is 6.41. The lowest BCUT2D eigenvalue weighted by Crippen LogP contribution is -2.41. The molecule has 1 fully saturated rings. The van der Waals surface area contributed by atoms with E-state index in [9.17, 15) is 13.8 Å². The first-order valence-corrected chi connectivity index (χ1v) is 7.90. The summed E-state index contributed by atoms with van der Waals surface area (Å²) in [5.74, 6) is -1.05. The van der Waals surface area contributed by atoms with Crippen LogP contribution in [0, 0.1) is 11.8 Å². The summed E-state index contributed by atoms with van der Waals surface area (Å²) < 4.78 is 11.2. The van der Waals surface area contributed by atoms with Crippen molar-refractivity contribution in [1.29, 1.82) is 0 Å². The molecule has 0 saturated heterocycles. The Balaban J connectivity index is 2.43. The van der Waals surface area contributed by atoms with Gasteiger partial charge in [0.25, 0.3) is 0 Å². The highest BCUT2D eigenvalue weighted by Crippen LogP contribution is 2.30. The molecule has 18 heavy (non-hydrogen) atoms. The monoisotopic (exact) mass is 275 g/mol. The van der Waals surface area contributed by atoms with Crippen LogP contribution in [0.5, 0.6) is 0 Å². The molecule has 0 aliphatic heterocycles. The lowest BCUT2D eigenvalue weighted by molar-refractivity contribution is -0.148. The van der Waals surface area contributed by atoms with E-state index in [0.717, 1.165) is 12.8 Å². The lowest BCUT2D eigenvalue weighted by Gasteiger charge is -2.27. The zero-order valence-electron chi connectivity index (χ0n) is 10.7. The molecule has 0 bridgehead atoms. The molecule has 104 valence electrons. The van der Waals surface area contributed by atoms with Crippen LogP contribution in [0.15, 0.2) is 0 Å². The molecule has 3 unspecified atom stereocenters. The predicted molar refractivity (Wildman–Crippen MR) is 69.6 cm³/mol. The molecule has 1 aliphatic carbocycles. The number of hydrogen-bond acceptors (Lipinski definition) is 3. The summed E-state index contributed by atoms with van der Waals surface area (Å²) in [5.41, 5.74) is 0. The maximum absolute atomic E-state index is 11.9. The van der Waals surface area contributed by atoms with Crippen LogP contribution in [0.4, 0.5) is 0 Å². The van der Waals surface area contributed by atoms with Gasteiger partial charge in [-0.05, 0) is 12.8 Å². The average Bonchev–Trinajstić information content (AvgIpc) is 2.38. The molecule has 1 saturated carbocycles. The van der Waals surface area contributed by atoms with E-state index in [1.54, 1.807) is 0 Å². The SMILES string of the molecule is CCS(=O)CCNC(=O)C1CCCCC1C(=O)O. The second-order valence-corrected chi connectivity index (χ2v) is 6.42. The number of carbonyl (C=O) groups is 2. The van der Waals surface area contributed by atoms with Crippen LogP contribution in [-0.2, 0) is 20.4 Å². The molecule has 0 radical (unpaired) electrons. The van der Waals surface area contributed by atoms with E-state index in [1.807, 2.05) is 6.92 Å². The van der Waals surface area contributed by atoms with Crippen molar-refractivity contribution in [3.05, 3.63) is 0 Å². The van der Waals surface area contributed by atoms with Crippen molar-refractivity contribution in [3.63, 3.8) is 0 Å². The van der Waals surface area contributed by atoms with Crippen LogP contribution in [0.1, 0.15) is 32.6 Å². The summed E-state index contributed by atoms with van der Waals surface area (Å²) >= 11 is 0. The number of nitrogens with one attached hydrogen (secondary N) is 1. The van der Waals surface area contributed by atoms with Crippen LogP contribution in [0.3, 0.4) is 0 Å². The number of carboxylic acids is 1. The van der Waals surface area contributed by atoms with E-state index in [1.165, 1.54) is 0 Å². The molecule has 2 N–H and O–H groups in total. The largest absolute Gasteiger partial charge is 0.481 e. The molecular weight excluding hydrogens is 254 g/mol. The summed E-state index contributed by atoms with van der Waals surface area (Å²) in [6.07, 6.45) is 3.00. The van der Waals surface area contributed by atoms with Gasteiger partial charge in [0.2, 0.25) is 5.91 Å². The summed E-state index contributed by atoms with van der Waals surface area (Å²) in [7, 11) is -0.897. The third-order valence-corrected chi connectivity index (χ3v) is 4.67. The Hall–Kier alpha value is -0.910. The quantitative estimate of drug-likeness (QED) is 0.749. The number of carboxylic acid groups (broad SMARTS) is 1. The van der Waals surface area contributed by atoms with Gasteiger partial charge in [0.05, 0.1) is 11.8 Å². The van der Waals surface area contributed by atoms with E-state index >= 15 is 0 Å². The summed E-state index contributed by atoms with van der Waals surface area (Å²) in [6, 6.07) is 0. The third kappa shape index (κ3) is 4.40. The highest BCUT2D eigenvalue weighted by Gasteiger charge is 2.35. The van der Waals surface area contributed by atoms with Gasteiger partial charge in [0.1, 0.15) is 0 Å². The highest BCUT2D eigenvalue weighted by molar-refractivity contribution is 7.84. The zero-order chi connectivity index (χ0) is 13.5. The predicted octanol–water partition coefficient (Wildman–Crippen LogP) is 0.762. The average molecular weight is 275 g/mol. The fourth-order valence-electron chi connectivity index (χ4n) is 2.30. The number of aliphatic carboxylic acids is 1. The second-order valence-electron chi connectivity index (χ2n) is 4.56. The van der Waals surface area contributed by atoms with Crippen LogP contribution in [0.2, 0.25) is 0 Å². The van der Waals surface area contributed by atoms with Crippen LogP contribution in [0.25, 0.3) is 0 Å². The van der Waals surface area contributed by atoms with Crippen LogP contribution in [-0.4, -0.2) is 39.2 Å². The Bertz CT molecular complexity index is 332. The molecule has 3 atom stereocenters. The summed E-state index contributed by atoms with van der Waals surface area (Å²) in [5, 5.41) is 11.8. The van der Waals surface area contributed by atoms with Crippen molar-refractivity contribution >= 4 is 22.7 Å². The second kappa shape index (κ2) is 7.51. The number of carbonyl (C=O) groups excluding carboxylic acids is 1. The minimum Gasteiger partial charge on any atom is -0.481 e. The van der Waals surface area contributed by atoms with Crippen LogP contribution < -0.4 is 5.32 Å². The Morgan fingerprint density at radius 2 is 1.89 bits per heavy atom. The number of rotatable bonds is 6. The Morgan fingerprint density at radius 1 is 1.28 bits per heavy atom. The van der Waals surface area contributed by atoms with Crippen molar-refractivity contribution in [1.82, 2.24) is 5.32 Å². The highest BCUT2D eigenvalue weighted by atomic mass is 32.2. The zero-order valence-corrected chi connectivity index (χ0v) is 11.5. The van der Waals surface area contributed by atoms with Crippen molar-refractivity contribution in [2.75, 3.05) is 18.1 Å². The molecular formula is C12H21NO4S. The van der Waals surface area contributed by atoms with E-state index < -0.39 is 28.6 Å². The van der Waals surface area contributed by atoms with Gasteiger partial charge >= 0.3 is 5.97 Å². The summed E-state index contributed by atoms with van der Waals surface area (Å²) in [4.78, 5) is 23.0. The normalized spacial score (nSPS) is 25.4. The molecule has 6 heteroatoms. The maximum atomic E-state index is 11.9. The molecule has 5 nitrogen and oxygen atoms in total. The topological polar surface area (TPSA) is 83.5 Å². The van der Waals surface area contributed by atoms with Crippen molar-refractivity contribution in [2.24, 2.45) is 11.8 Å². The third-order valence-electron chi connectivity index (χ3n) is 3.37. The molecule has 1 rings (SSSR count). The standard InChI is InChI=1S/C12H21NO4S/c1-2-18(17)8-7-13-11(14)9-5-3-4-6-10(9)12(15)16/h9-10H,2-8H2,1H3,(H,13,14)(H,15,16). The van der Waals surface area contributed by atoms with E-state index in [4.69, 9.17) is 5.11 Å². The minimum absolute atomic E-state index is 0.199. The van der Waals surface area contributed by atoms with Gasteiger partial charge in [0.15, 0.2) is 0 Å². The van der Waals surface area contributed by atoms with E-state index in [2.05, 4.69) is 5.32 Å². The smallest absolute Gasteiger partial charge is 0.307 e. The van der Waals surface area contributed by atoms with Crippen molar-refractivity contribution < 1.29 is 18.9 Å². The van der Waals surface area contributed by atoms with Crippen LogP contribution >= 0.6 is 0 Å². The molecule has 0 spiro atoms. The van der Waals surface area contributed by atoms with E-state index in [-0.39, 0.29) is 5.91 Å². The van der Waals surface area contributed by atoms with Gasteiger partial charge in [-0.3, -0.25) is 13.8 Å². The van der Waals surface area contributed by atoms with Gasteiger partial charge in [-0.15, -0.1) is 0 Å². The molecule has 0 aromatic rings. The van der Waals surface area contributed by atoms with Gasteiger partial charge < -0.3 is 10.4 Å². The number of amides is 1. The van der Waals surface area contributed by atoms with Gasteiger partial charge in [0, 0.05) is 28.9 Å². The van der Waals surface area contributed by atoms with Crippen molar-refractivity contribution in [3.8, 4) is 0 Å². The van der Waals surface area contributed by atoms with E-state index in [0.29, 0.717) is 30.9 Å². The molecule has 1 aliphatic rings. The molecule has 1 amide bonds. The van der Waals surface area contributed by atoms with Gasteiger partial charge in [-0.2, -0.15) is 0 Å². The molecule has 0 aromatic carbocycles. The van der Waals surface area contributed by atoms with Gasteiger partial charge in [-0.25, -0.2) is 0 Å². The van der Waals surface area contributed by atoms with Crippen molar-refractivity contribution in [2.45, 2.75) is 32.6 Å². The lowest BCUT2D eigenvalue weighted by atomic mass is 9.79. The maximum Gasteiger partial charge on any atom is 0.307 e. The minimum atomic E-state index is -0.897. The molecule has 0 aromatic heterocycles. The Kier molecular flexibility index (Phi) is 6.32.